The van der Waals surface area contributed by atoms with E-state index in [1.807, 2.05) is 42.5 Å². The van der Waals surface area contributed by atoms with Crippen molar-refractivity contribution in [1.82, 2.24) is 20.6 Å². The van der Waals surface area contributed by atoms with Gasteiger partial charge >= 0.3 is 0 Å². The Hall–Kier alpha value is -2.53. The molecule has 0 saturated carbocycles. The van der Waals surface area contributed by atoms with Gasteiger partial charge < -0.3 is 15.6 Å². The van der Waals surface area contributed by atoms with Crippen LogP contribution in [0.25, 0.3) is 11.0 Å². The molecule has 1 heterocycles. The van der Waals surface area contributed by atoms with Gasteiger partial charge in [0.15, 0.2) is 5.96 Å². The minimum absolute atomic E-state index is 0.767. The van der Waals surface area contributed by atoms with Crippen LogP contribution in [0, 0.1) is 0 Å². The number of aromatic nitrogens is 2. The van der Waals surface area contributed by atoms with Gasteiger partial charge in [0.1, 0.15) is 5.82 Å². The summed E-state index contributed by atoms with van der Waals surface area (Å²) in [4.78, 5) is 12.2. The number of fused-ring (bicyclic) bond motifs is 1. The molecule has 0 spiro atoms. The molecule has 0 fully saturated rings. The second kappa shape index (κ2) is 9.25. The Morgan fingerprint density at radius 2 is 1.81 bits per heavy atom. The average Bonchev–Trinajstić information content (AvgIpc) is 3.08. The summed E-state index contributed by atoms with van der Waals surface area (Å²) < 4.78 is 0. The number of halogens is 1. The lowest BCUT2D eigenvalue weighted by atomic mass is 10.1. The molecule has 0 atom stereocenters. The molecule has 0 amide bonds. The molecule has 5 nitrogen and oxygen atoms in total. The number of aryl methyl sites for hydroxylation is 1. The SMILES string of the molecule is CN=C(NCCCc1nc2ccccc2[nH]1)NCCc1ccc(Cl)cc1. The van der Waals surface area contributed by atoms with Crippen molar-refractivity contribution in [3.63, 3.8) is 0 Å². The Balaban J connectivity index is 1.36. The summed E-state index contributed by atoms with van der Waals surface area (Å²) in [5.74, 6) is 1.85. The highest BCUT2D eigenvalue weighted by Gasteiger charge is 2.02. The second-order valence-corrected chi connectivity index (χ2v) is 6.54. The molecule has 0 aliphatic rings. The highest BCUT2D eigenvalue weighted by atomic mass is 35.5. The van der Waals surface area contributed by atoms with E-state index in [9.17, 15) is 0 Å². The van der Waals surface area contributed by atoms with Crippen molar-refractivity contribution in [3.05, 3.63) is 64.9 Å². The lowest BCUT2D eigenvalue weighted by molar-refractivity contribution is 0.724. The minimum Gasteiger partial charge on any atom is -0.356 e. The molecule has 1 aromatic heterocycles. The molecule has 0 radical (unpaired) electrons. The molecule has 3 N–H and O–H groups in total. The van der Waals surface area contributed by atoms with Crippen LogP contribution in [0.4, 0.5) is 0 Å². The monoisotopic (exact) mass is 369 g/mol. The van der Waals surface area contributed by atoms with Crippen molar-refractivity contribution in [3.8, 4) is 0 Å². The van der Waals surface area contributed by atoms with Crippen molar-refractivity contribution in [2.24, 2.45) is 4.99 Å². The van der Waals surface area contributed by atoms with E-state index in [1.165, 1.54) is 5.56 Å². The third kappa shape index (κ3) is 5.23. The predicted molar refractivity (Wildman–Crippen MR) is 109 cm³/mol. The molecule has 3 rings (SSSR count). The van der Waals surface area contributed by atoms with Crippen LogP contribution in [0.15, 0.2) is 53.5 Å². The number of benzene rings is 2. The number of hydrogen-bond acceptors (Lipinski definition) is 2. The van der Waals surface area contributed by atoms with Gasteiger partial charge in [-0.1, -0.05) is 35.9 Å². The molecular weight excluding hydrogens is 346 g/mol. The van der Waals surface area contributed by atoms with Gasteiger partial charge in [0.25, 0.3) is 0 Å². The van der Waals surface area contributed by atoms with E-state index in [0.717, 1.165) is 60.2 Å². The Morgan fingerprint density at radius 3 is 2.58 bits per heavy atom. The van der Waals surface area contributed by atoms with Gasteiger partial charge in [-0.2, -0.15) is 0 Å². The molecule has 3 aromatic rings. The predicted octanol–water partition coefficient (Wildman–Crippen LogP) is 3.56. The largest absolute Gasteiger partial charge is 0.356 e. The summed E-state index contributed by atoms with van der Waals surface area (Å²) >= 11 is 5.91. The van der Waals surface area contributed by atoms with Crippen molar-refractivity contribution in [1.29, 1.82) is 0 Å². The fourth-order valence-corrected chi connectivity index (χ4v) is 2.91. The highest BCUT2D eigenvalue weighted by Crippen LogP contribution is 2.11. The van der Waals surface area contributed by atoms with Gasteiger partial charge in [-0.25, -0.2) is 4.98 Å². The number of para-hydroxylation sites is 2. The number of imidazole rings is 1. The normalized spacial score (nSPS) is 11.7. The van der Waals surface area contributed by atoms with Crippen LogP contribution in [0.1, 0.15) is 17.8 Å². The molecule has 0 aliphatic heterocycles. The number of nitrogens with zero attached hydrogens (tertiary/aromatic N) is 2. The molecule has 26 heavy (non-hydrogen) atoms. The number of hydrogen-bond donors (Lipinski definition) is 3. The summed E-state index contributed by atoms with van der Waals surface area (Å²) in [6.45, 7) is 1.67. The van der Waals surface area contributed by atoms with Gasteiger partial charge in [-0.05, 0) is 42.7 Å². The molecule has 0 unspecified atom stereocenters. The maximum Gasteiger partial charge on any atom is 0.190 e. The maximum absolute atomic E-state index is 5.91. The maximum atomic E-state index is 5.91. The van der Waals surface area contributed by atoms with Gasteiger partial charge in [-0.15, -0.1) is 0 Å². The van der Waals surface area contributed by atoms with Crippen molar-refractivity contribution >= 4 is 28.6 Å². The lowest BCUT2D eigenvalue weighted by Crippen LogP contribution is -2.38. The summed E-state index contributed by atoms with van der Waals surface area (Å²) in [7, 11) is 1.79. The fraction of sp³-hybridized carbons (Fsp3) is 0.300. The van der Waals surface area contributed by atoms with Gasteiger partial charge in [0.05, 0.1) is 11.0 Å². The number of aliphatic imine (C=N–C) groups is 1. The summed E-state index contributed by atoms with van der Waals surface area (Å²) in [6, 6.07) is 16.0. The van der Waals surface area contributed by atoms with Gasteiger partial charge in [0.2, 0.25) is 0 Å². The van der Waals surface area contributed by atoms with E-state index in [2.05, 4.69) is 31.7 Å². The Bertz CT molecular complexity index is 821. The molecule has 0 aliphatic carbocycles. The number of aromatic amines is 1. The molecule has 0 bridgehead atoms. The zero-order chi connectivity index (χ0) is 18.2. The molecule has 0 saturated heterocycles. The van der Waals surface area contributed by atoms with Gasteiger partial charge in [0, 0.05) is 31.6 Å². The van der Waals surface area contributed by atoms with Crippen LogP contribution in [0.5, 0.6) is 0 Å². The van der Waals surface area contributed by atoms with Crippen LogP contribution in [0.3, 0.4) is 0 Å². The first-order chi connectivity index (χ1) is 12.7. The van der Waals surface area contributed by atoms with E-state index in [1.54, 1.807) is 7.05 Å². The number of nitrogens with one attached hydrogen (secondary N) is 3. The minimum atomic E-state index is 0.767. The van der Waals surface area contributed by atoms with E-state index >= 15 is 0 Å². The third-order valence-corrected chi connectivity index (χ3v) is 4.42. The average molecular weight is 370 g/mol. The van der Waals surface area contributed by atoms with Crippen molar-refractivity contribution < 1.29 is 0 Å². The first-order valence-electron chi connectivity index (χ1n) is 8.87. The standard InChI is InChI=1S/C20H24ClN5/c1-22-20(24-14-12-15-8-10-16(21)11-9-15)23-13-4-7-19-25-17-5-2-3-6-18(17)26-19/h2-3,5-6,8-11H,4,7,12-14H2,1H3,(H,25,26)(H2,22,23,24). The van der Waals surface area contributed by atoms with E-state index < -0.39 is 0 Å². The van der Waals surface area contributed by atoms with E-state index in [0.29, 0.717) is 0 Å². The Labute approximate surface area is 158 Å². The van der Waals surface area contributed by atoms with Crippen LogP contribution in [0.2, 0.25) is 5.02 Å². The molecule has 2 aromatic carbocycles. The van der Waals surface area contributed by atoms with E-state index in [-0.39, 0.29) is 0 Å². The summed E-state index contributed by atoms with van der Waals surface area (Å²) in [5, 5.41) is 7.45. The first-order valence-corrected chi connectivity index (χ1v) is 9.25. The Kier molecular flexibility index (Phi) is 6.50. The number of H-pyrrole nitrogens is 1. The smallest absolute Gasteiger partial charge is 0.190 e. The number of rotatable bonds is 7. The first kappa shape index (κ1) is 18.3. The van der Waals surface area contributed by atoms with Gasteiger partial charge in [-0.3, -0.25) is 4.99 Å². The lowest BCUT2D eigenvalue weighted by Gasteiger charge is -2.11. The van der Waals surface area contributed by atoms with Crippen LogP contribution >= 0.6 is 11.6 Å². The number of guanidine groups is 1. The highest BCUT2D eigenvalue weighted by molar-refractivity contribution is 6.30. The summed E-state index contributed by atoms with van der Waals surface area (Å²) in [6.07, 6.45) is 2.82. The molecule has 6 heteroatoms. The van der Waals surface area contributed by atoms with Crippen LogP contribution in [-0.4, -0.2) is 36.1 Å². The van der Waals surface area contributed by atoms with Crippen LogP contribution in [-0.2, 0) is 12.8 Å². The van der Waals surface area contributed by atoms with Crippen LogP contribution < -0.4 is 10.6 Å². The second-order valence-electron chi connectivity index (χ2n) is 6.11. The molecule has 136 valence electrons. The van der Waals surface area contributed by atoms with Crippen molar-refractivity contribution in [2.75, 3.05) is 20.1 Å². The summed E-state index contributed by atoms with van der Waals surface area (Å²) in [5.41, 5.74) is 3.37. The zero-order valence-corrected chi connectivity index (χ0v) is 15.7. The topological polar surface area (TPSA) is 65.1 Å². The fourth-order valence-electron chi connectivity index (χ4n) is 2.78. The van der Waals surface area contributed by atoms with E-state index in [4.69, 9.17) is 11.6 Å². The molecular formula is C20H24ClN5. The zero-order valence-electron chi connectivity index (χ0n) is 14.9. The quantitative estimate of drug-likeness (QED) is 0.339. The third-order valence-electron chi connectivity index (χ3n) is 4.16. The van der Waals surface area contributed by atoms with Crippen molar-refractivity contribution in [2.45, 2.75) is 19.3 Å². The Morgan fingerprint density at radius 1 is 1.04 bits per heavy atom.